The van der Waals surface area contributed by atoms with E-state index < -0.39 is 6.43 Å². The van der Waals surface area contributed by atoms with Crippen molar-refractivity contribution in [2.45, 2.75) is 6.43 Å². The fourth-order valence-corrected chi connectivity index (χ4v) is 0. The SMILES string of the molecule is C=CN(C)C.FC(F)(F)F. The third-order valence-corrected chi connectivity index (χ3v) is 0.365. The molecule has 0 aliphatic carbocycles. The van der Waals surface area contributed by atoms with E-state index in [2.05, 4.69) is 6.58 Å². The van der Waals surface area contributed by atoms with Gasteiger partial charge < -0.3 is 4.90 Å². The molecule has 5 heteroatoms. The molecule has 0 amide bonds. The van der Waals surface area contributed by atoms with Crippen LogP contribution in [0.2, 0.25) is 0 Å². The zero-order valence-corrected chi connectivity index (χ0v) is 5.74. The molecule has 0 spiro atoms. The standard InChI is InChI=1S/C4H9N.CF4/c1-4-5(2)3;2-1(3,4)5/h4H,1H2,2-3H3;. The third-order valence-electron chi connectivity index (χ3n) is 0.365. The van der Waals surface area contributed by atoms with E-state index in [1.807, 2.05) is 19.0 Å². The van der Waals surface area contributed by atoms with Crippen LogP contribution >= 0.6 is 0 Å². The Morgan fingerprint density at radius 2 is 1.30 bits per heavy atom. The molecular formula is C5H9F4N. The maximum Gasteiger partial charge on any atom is 0.559 e. The molecule has 0 N–H and O–H groups in total. The van der Waals surface area contributed by atoms with E-state index >= 15 is 0 Å². The molecule has 0 fully saturated rings. The summed E-state index contributed by atoms with van der Waals surface area (Å²) >= 11 is 0. The van der Waals surface area contributed by atoms with Crippen LogP contribution in [-0.4, -0.2) is 25.4 Å². The highest BCUT2D eigenvalue weighted by Crippen LogP contribution is 2.13. The van der Waals surface area contributed by atoms with Gasteiger partial charge in [-0.2, -0.15) is 0 Å². The molecule has 0 heterocycles. The Balaban J connectivity index is 0. The molecule has 62 valence electrons. The molecule has 0 rings (SSSR count). The van der Waals surface area contributed by atoms with E-state index in [0.717, 1.165) is 0 Å². The first-order valence-corrected chi connectivity index (χ1v) is 2.32. The lowest BCUT2D eigenvalue weighted by Crippen LogP contribution is -1.97. The normalized spacial score (nSPS) is 9.40. The van der Waals surface area contributed by atoms with Crippen molar-refractivity contribution in [3.63, 3.8) is 0 Å². The molecule has 0 aliphatic rings. The van der Waals surface area contributed by atoms with Crippen LogP contribution in [0.25, 0.3) is 0 Å². The second-order valence-electron chi connectivity index (χ2n) is 1.57. The minimum Gasteiger partial charge on any atom is -0.384 e. The maximum atomic E-state index is 9.69. The molecular weight excluding hydrogens is 150 g/mol. The van der Waals surface area contributed by atoms with E-state index in [1.54, 1.807) is 6.20 Å². The summed E-state index contributed by atoms with van der Waals surface area (Å²) in [6.07, 6.45) is -3.75. The lowest BCUT2D eigenvalue weighted by molar-refractivity contribution is -0.237. The fraction of sp³-hybridized carbons (Fsp3) is 0.600. The predicted octanol–water partition coefficient (Wildman–Crippen LogP) is 2.17. The van der Waals surface area contributed by atoms with Crippen LogP contribution < -0.4 is 0 Å². The van der Waals surface area contributed by atoms with Gasteiger partial charge in [0.05, 0.1) is 0 Å². The lowest BCUT2D eigenvalue weighted by Gasteiger charge is -1.98. The van der Waals surface area contributed by atoms with Crippen molar-refractivity contribution in [2.24, 2.45) is 0 Å². The first-order chi connectivity index (χ1) is 4.27. The summed E-state index contributed by atoms with van der Waals surface area (Å²) in [6, 6.07) is 0. The molecule has 0 radical (unpaired) electrons. The summed E-state index contributed by atoms with van der Waals surface area (Å²) in [5, 5.41) is 0. The summed E-state index contributed by atoms with van der Waals surface area (Å²) in [6.45, 7) is 3.49. The van der Waals surface area contributed by atoms with Crippen molar-refractivity contribution in [2.75, 3.05) is 14.1 Å². The van der Waals surface area contributed by atoms with Crippen molar-refractivity contribution in [3.8, 4) is 0 Å². The van der Waals surface area contributed by atoms with Crippen LogP contribution in [0, 0.1) is 0 Å². The first kappa shape index (κ1) is 12.0. The minimum absolute atomic E-state index is 1.75. The van der Waals surface area contributed by atoms with Crippen molar-refractivity contribution in [3.05, 3.63) is 12.8 Å². The molecule has 0 unspecified atom stereocenters. The molecule has 1 nitrogen and oxygen atoms in total. The van der Waals surface area contributed by atoms with Gasteiger partial charge in [-0.1, -0.05) is 6.58 Å². The van der Waals surface area contributed by atoms with Crippen LogP contribution in [0.15, 0.2) is 12.8 Å². The van der Waals surface area contributed by atoms with Gasteiger partial charge in [0, 0.05) is 14.1 Å². The second-order valence-corrected chi connectivity index (χ2v) is 1.57. The highest BCUT2D eigenvalue weighted by Gasteiger charge is 2.24. The molecule has 0 atom stereocenters. The Bertz CT molecular complexity index is 80.1. The molecule has 10 heavy (non-hydrogen) atoms. The Kier molecular flexibility index (Phi) is 6.09. The lowest BCUT2D eigenvalue weighted by atomic mass is 10.9. The number of hydrogen-bond acceptors (Lipinski definition) is 1. The Labute approximate surface area is 56.9 Å². The molecule has 0 aromatic carbocycles. The van der Waals surface area contributed by atoms with Gasteiger partial charge in [0.15, 0.2) is 0 Å². The molecule has 0 bridgehead atoms. The van der Waals surface area contributed by atoms with E-state index in [9.17, 15) is 17.6 Å². The average Bonchev–Trinajstić information content (AvgIpc) is 1.61. The van der Waals surface area contributed by atoms with Crippen molar-refractivity contribution in [1.82, 2.24) is 4.90 Å². The van der Waals surface area contributed by atoms with E-state index in [-0.39, 0.29) is 0 Å². The summed E-state index contributed by atoms with van der Waals surface area (Å²) in [5.41, 5.74) is 0. The van der Waals surface area contributed by atoms with Crippen LogP contribution in [0.4, 0.5) is 17.6 Å². The van der Waals surface area contributed by atoms with E-state index in [1.165, 1.54) is 0 Å². The maximum absolute atomic E-state index is 9.69. The topological polar surface area (TPSA) is 3.24 Å². The van der Waals surface area contributed by atoms with Gasteiger partial charge in [0.2, 0.25) is 0 Å². The summed E-state index contributed by atoms with van der Waals surface area (Å²) in [7, 11) is 3.88. The van der Waals surface area contributed by atoms with Crippen molar-refractivity contribution >= 4 is 0 Å². The van der Waals surface area contributed by atoms with Gasteiger partial charge in [-0.3, -0.25) is 0 Å². The van der Waals surface area contributed by atoms with Crippen molar-refractivity contribution in [1.29, 1.82) is 0 Å². The first-order valence-electron chi connectivity index (χ1n) is 2.32. The van der Waals surface area contributed by atoms with Gasteiger partial charge in [-0.25, -0.2) is 0 Å². The van der Waals surface area contributed by atoms with Gasteiger partial charge in [-0.15, -0.1) is 17.6 Å². The number of nitrogens with zero attached hydrogens (tertiary/aromatic N) is 1. The monoisotopic (exact) mass is 159 g/mol. The Morgan fingerprint density at radius 1 is 1.20 bits per heavy atom. The second kappa shape index (κ2) is 5.08. The fourth-order valence-electron chi connectivity index (χ4n) is 0. The minimum atomic E-state index is -5.50. The summed E-state index contributed by atoms with van der Waals surface area (Å²) in [5.74, 6) is 0. The molecule has 0 aromatic heterocycles. The quantitative estimate of drug-likeness (QED) is 0.530. The highest BCUT2D eigenvalue weighted by molar-refractivity contribution is 4.59. The molecule has 0 aliphatic heterocycles. The molecule has 0 saturated heterocycles. The van der Waals surface area contributed by atoms with E-state index in [4.69, 9.17) is 0 Å². The number of halogens is 4. The number of rotatable bonds is 1. The third kappa shape index (κ3) is 179. The van der Waals surface area contributed by atoms with Gasteiger partial charge in [0.1, 0.15) is 0 Å². The Morgan fingerprint density at radius 3 is 1.30 bits per heavy atom. The smallest absolute Gasteiger partial charge is 0.384 e. The molecule has 0 aromatic rings. The van der Waals surface area contributed by atoms with E-state index in [0.29, 0.717) is 0 Å². The van der Waals surface area contributed by atoms with Crippen LogP contribution in [-0.2, 0) is 0 Å². The zero-order valence-electron chi connectivity index (χ0n) is 5.74. The number of hydrogen-bond donors (Lipinski definition) is 0. The van der Waals surface area contributed by atoms with Gasteiger partial charge >= 0.3 is 6.43 Å². The van der Waals surface area contributed by atoms with Gasteiger partial charge in [-0.05, 0) is 6.20 Å². The van der Waals surface area contributed by atoms with Gasteiger partial charge in [0.25, 0.3) is 0 Å². The van der Waals surface area contributed by atoms with Crippen LogP contribution in [0.5, 0.6) is 0 Å². The largest absolute Gasteiger partial charge is 0.559 e. The van der Waals surface area contributed by atoms with Crippen LogP contribution in [0.3, 0.4) is 0 Å². The average molecular weight is 159 g/mol. The summed E-state index contributed by atoms with van der Waals surface area (Å²) in [4.78, 5) is 1.89. The Hall–Kier alpha value is -0.740. The molecule has 0 saturated carbocycles. The number of alkyl halides is 4. The zero-order chi connectivity index (χ0) is 8.78. The predicted molar refractivity (Wildman–Crippen MR) is 31.0 cm³/mol. The summed E-state index contributed by atoms with van der Waals surface area (Å²) < 4.78 is 38.8. The van der Waals surface area contributed by atoms with Crippen molar-refractivity contribution < 1.29 is 17.6 Å². The van der Waals surface area contributed by atoms with Crippen LogP contribution in [0.1, 0.15) is 0 Å². The highest BCUT2D eigenvalue weighted by atomic mass is 19.5.